The molecule has 56 valence electrons. The molecule has 0 atom stereocenters. The Morgan fingerprint density at radius 3 is 2.40 bits per heavy atom. The topological polar surface area (TPSA) is 17.8 Å². The van der Waals surface area contributed by atoms with E-state index in [9.17, 15) is 8.78 Å². The summed E-state index contributed by atoms with van der Waals surface area (Å²) in [5, 5.41) is 0. The summed E-state index contributed by atoms with van der Waals surface area (Å²) < 4.78 is 25.6. The van der Waals surface area contributed by atoms with Crippen LogP contribution in [0.2, 0.25) is 0 Å². The number of nitrogens with zero attached hydrogens (tertiary/aromatic N) is 2. The van der Waals surface area contributed by atoms with Crippen molar-refractivity contribution in [3.8, 4) is 0 Å². The minimum atomic E-state index is -3.05. The van der Waals surface area contributed by atoms with E-state index < -0.39 is 4.96 Å². The molecule has 0 saturated carbocycles. The van der Waals surface area contributed by atoms with E-state index in [1.807, 2.05) is 0 Å². The summed E-state index contributed by atoms with van der Waals surface area (Å²) in [5.74, 6) is 0. The number of rotatable bonds is 1. The highest BCUT2D eigenvalue weighted by Crippen LogP contribution is 2.28. The van der Waals surface area contributed by atoms with Gasteiger partial charge in [-0.15, -0.1) is 0 Å². The van der Waals surface area contributed by atoms with Crippen LogP contribution in [0.15, 0.2) is 17.1 Å². The molecule has 0 aliphatic rings. The summed E-state index contributed by atoms with van der Waals surface area (Å²) in [6.45, 7) is 0. The molecular formula is C4H2Br2F2N2. The Kier molecular flexibility index (Phi) is 2.10. The average molecular weight is 276 g/mol. The molecule has 1 rings (SSSR count). The molecule has 1 heterocycles. The van der Waals surface area contributed by atoms with Gasteiger partial charge in [-0.2, -0.15) is 8.78 Å². The van der Waals surface area contributed by atoms with Gasteiger partial charge in [0.1, 0.15) is 10.9 Å². The van der Waals surface area contributed by atoms with Gasteiger partial charge in [0.05, 0.1) is 0 Å². The van der Waals surface area contributed by atoms with E-state index in [0.29, 0.717) is 9.17 Å². The lowest BCUT2D eigenvalue weighted by Gasteiger charge is -2.06. The first kappa shape index (κ1) is 8.13. The van der Waals surface area contributed by atoms with Crippen LogP contribution in [0.3, 0.4) is 0 Å². The number of halogens is 4. The zero-order chi connectivity index (χ0) is 7.78. The van der Waals surface area contributed by atoms with Crippen molar-refractivity contribution < 1.29 is 8.78 Å². The summed E-state index contributed by atoms with van der Waals surface area (Å²) in [6, 6.07) is 0. The fraction of sp³-hybridized carbons (Fsp3) is 0.250. The molecule has 0 N–H and O–H groups in total. The van der Waals surface area contributed by atoms with Crippen LogP contribution in [0, 0.1) is 0 Å². The lowest BCUT2D eigenvalue weighted by molar-refractivity contribution is 0.0329. The van der Waals surface area contributed by atoms with Gasteiger partial charge < -0.3 is 0 Å². The van der Waals surface area contributed by atoms with Crippen molar-refractivity contribution in [1.29, 1.82) is 0 Å². The number of imidazole rings is 1. The molecule has 2 nitrogen and oxygen atoms in total. The molecule has 0 radical (unpaired) electrons. The summed E-state index contributed by atoms with van der Waals surface area (Å²) in [4.78, 5) is 0.503. The molecule has 0 bridgehead atoms. The maximum Gasteiger partial charge on any atom is 0.387 e. The number of alkyl halides is 3. The summed E-state index contributed by atoms with van der Waals surface area (Å²) in [7, 11) is 0. The summed E-state index contributed by atoms with van der Waals surface area (Å²) in [5.41, 5.74) is 0. The first-order chi connectivity index (χ1) is 4.50. The van der Waals surface area contributed by atoms with Crippen LogP contribution in [0.4, 0.5) is 8.78 Å². The van der Waals surface area contributed by atoms with Crippen molar-refractivity contribution in [3.63, 3.8) is 0 Å². The first-order valence-electron chi connectivity index (χ1n) is 2.27. The van der Waals surface area contributed by atoms with Gasteiger partial charge in [0.25, 0.3) is 0 Å². The summed E-state index contributed by atoms with van der Waals surface area (Å²) in [6.07, 6.45) is 2.20. The average Bonchev–Trinajstić information content (AvgIpc) is 2.11. The second kappa shape index (κ2) is 2.58. The number of hydrogen-bond donors (Lipinski definition) is 0. The van der Waals surface area contributed by atoms with Crippen LogP contribution in [0.5, 0.6) is 0 Å². The predicted octanol–water partition coefficient (Wildman–Crippen LogP) is 2.55. The van der Waals surface area contributed by atoms with Crippen molar-refractivity contribution in [2.24, 2.45) is 0 Å². The smallest absolute Gasteiger partial charge is 0.267 e. The number of hydrogen-bond acceptors (Lipinski definition) is 1. The third-order valence-electron chi connectivity index (χ3n) is 0.844. The van der Waals surface area contributed by atoms with Gasteiger partial charge in [0, 0.05) is 22.1 Å². The highest BCUT2D eigenvalue weighted by Gasteiger charge is 2.25. The molecule has 0 fully saturated rings. The lowest BCUT2D eigenvalue weighted by atomic mass is 10.9. The highest BCUT2D eigenvalue weighted by molar-refractivity contribution is 9.10. The van der Waals surface area contributed by atoms with Crippen LogP contribution in [0.25, 0.3) is 0 Å². The van der Waals surface area contributed by atoms with Crippen LogP contribution in [-0.2, 0) is 4.96 Å². The Morgan fingerprint density at radius 1 is 1.60 bits per heavy atom. The normalized spacial score (nSPS) is 12.0. The van der Waals surface area contributed by atoms with Gasteiger partial charge in [-0.3, -0.25) is 4.57 Å². The predicted molar refractivity (Wildman–Crippen MR) is 39.0 cm³/mol. The molecule has 0 aliphatic heterocycles. The Morgan fingerprint density at radius 2 is 2.20 bits per heavy atom. The highest BCUT2D eigenvalue weighted by atomic mass is 79.9. The largest absolute Gasteiger partial charge is 0.387 e. The fourth-order valence-corrected chi connectivity index (χ4v) is 0.944. The molecule has 1 aromatic heterocycles. The van der Waals surface area contributed by atoms with E-state index in [1.54, 1.807) is 0 Å². The quantitative estimate of drug-likeness (QED) is 0.721. The van der Waals surface area contributed by atoms with Gasteiger partial charge in [-0.05, 0) is 15.9 Å². The van der Waals surface area contributed by atoms with Crippen molar-refractivity contribution in [1.82, 2.24) is 9.55 Å². The molecule has 0 saturated heterocycles. The maximum absolute atomic E-state index is 12.3. The van der Waals surface area contributed by atoms with E-state index >= 15 is 0 Å². The van der Waals surface area contributed by atoms with E-state index in [0.717, 1.165) is 6.33 Å². The number of aromatic nitrogens is 2. The van der Waals surface area contributed by atoms with Crippen LogP contribution in [-0.4, -0.2) is 9.55 Å². The molecular weight excluding hydrogens is 274 g/mol. The van der Waals surface area contributed by atoms with E-state index in [-0.39, 0.29) is 0 Å². The molecule has 6 heteroatoms. The molecule has 0 aliphatic carbocycles. The van der Waals surface area contributed by atoms with Gasteiger partial charge in [0.15, 0.2) is 0 Å². The Bertz CT molecular complexity index is 229. The van der Waals surface area contributed by atoms with E-state index in [4.69, 9.17) is 0 Å². The SMILES string of the molecule is FC(F)(Br)n1cnc(Br)c1. The van der Waals surface area contributed by atoms with E-state index in [1.165, 1.54) is 6.20 Å². The van der Waals surface area contributed by atoms with Crippen molar-refractivity contribution in [2.45, 2.75) is 4.96 Å². The minimum absolute atomic E-state index is 0.381. The van der Waals surface area contributed by atoms with Gasteiger partial charge >= 0.3 is 4.96 Å². The molecule has 0 spiro atoms. The maximum atomic E-state index is 12.3. The third kappa shape index (κ3) is 1.76. The third-order valence-corrected chi connectivity index (χ3v) is 1.66. The molecule has 1 aromatic rings. The van der Waals surface area contributed by atoms with Crippen molar-refractivity contribution in [2.75, 3.05) is 0 Å². The minimum Gasteiger partial charge on any atom is -0.267 e. The first-order valence-corrected chi connectivity index (χ1v) is 3.85. The lowest BCUT2D eigenvalue weighted by Crippen LogP contribution is -2.11. The molecule has 0 unspecified atom stereocenters. The second-order valence-electron chi connectivity index (χ2n) is 1.57. The van der Waals surface area contributed by atoms with Crippen molar-refractivity contribution in [3.05, 3.63) is 17.1 Å². The van der Waals surface area contributed by atoms with Gasteiger partial charge in [-0.1, -0.05) is 0 Å². The second-order valence-corrected chi connectivity index (χ2v) is 3.34. The van der Waals surface area contributed by atoms with Gasteiger partial charge in [-0.25, -0.2) is 4.98 Å². The Hall–Kier alpha value is 0.0300. The fourth-order valence-electron chi connectivity index (χ4n) is 0.437. The van der Waals surface area contributed by atoms with Gasteiger partial charge in [0.2, 0.25) is 0 Å². The molecule has 0 amide bonds. The zero-order valence-corrected chi connectivity index (χ0v) is 7.73. The Balaban J connectivity index is 2.96. The molecule has 10 heavy (non-hydrogen) atoms. The Labute approximate surface area is 72.5 Å². The van der Waals surface area contributed by atoms with E-state index in [2.05, 4.69) is 36.8 Å². The summed E-state index contributed by atoms with van der Waals surface area (Å²) >= 11 is 5.11. The zero-order valence-electron chi connectivity index (χ0n) is 4.56. The molecule has 0 aromatic carbocycles. The standard InChI is InChI=1S/C4H2Br2F2N2/c5-3-1-10(2-9-3)4(6,7)8/h1-2H. The monoisotopic (exact) mass is 274 g/mol. The van der Waals surface area contributed by atoms with Crippen LogP contribution < -0.4 is 0 Å². The van der Waals surface area contributed by atoms with Crippen molar-refractivity contribution >= 4 is 31.9 Å². The van der Waals surface area contributed by atoms with Crippen LogP contribution in [0.1, 0.15) is 0 Å². The van der Waals surface area contributed by atoms with Crippen LogP contribution >= 0.6 is 31.9 Å².